The van der Waals surface area contributed by atoms with Gasteiger partial charge >= 0.3 is 29.6 Å². The zero-order valence-electron chi connectivity index (χ0n) is 21.3. The third-order valence-electron chi connectivity index (χ3n) is 6.00. The van der Waals surface area contributed by atoms with Crippen LogP contribution in [0.25, 0.3) is 0 Å². The van der Waals surface area contributed by atoms with Gasteiger partial charge < -0.3 is 9.50 Å². The van der Waals surface area contributed by atoms with Crippen LogP contribution in [0.2, 0.25) is 15.1 Å². The summed E-state index contributed by atoms with van der Waals surface area (Å²) in [6.45, 7) is 0. The molecule has 0 radical (unpaired) electrons. The standard InChI is InChI=1S/C29H18Cl3F6NO3S/c30-18-16-22(31)24(23(32)17-18)39-25(40)27(33,34)29(37,38)28(35,36)26(41)42-43(19-10-4-1-5-11-19,20-12-6-2-7-13-20)21-14-8-3-9-15-21/h1-17H,(H,39,40). The number of anilines is 1. The Balaban J connectivity index is 1.78. The van der Waals surface area contributed by atoms with Gasteiger partial charge in [0.15, 0.2) is 0 Å². The molecule has 0 saturated heterocycles. The van der Waals surface area contributed by atoms with Gasteiger partial charge in [-0.2, -0.15) is 26.3 Å². The van der Waals surface area contributed by atoms with Gasteiger partial charge in [-0.15, -0.1) is 0 Å². The first-order valence-electron chi connectivity index (χ1n) is 12.0. The van der Waals surface area contributed by atoms with Gasteiger partial charge in [-0.3, -0.25) is 4.79 Å². The first-order chi connectivity index (χ1) is 20.2. The molecule has 1 N–H and O–H groups in total. The van der Waals surface area contributed by atoms with E-state index in [1.807, 2.05) is 0 Å². The van der Waals surface area contributed by atoms with Crippen molar-refractivity contribution in [2.24, 2.45) is 0 Å². The summed E-state index contributed by atoms with van der Waals surface area (Å²) in [6.07, 6.45) is 0. The van der Waals surface area contributed by atoms with Crippen LogP contribution in [0, 0.1) is 0 Å². The fraction of sp³-hybridized carbons (Fsp3) is 0.103. The topological polar surface area (TPSA) is 55.4 Å². The van der Waals surface area contributed by atoms with Crippen molar-refractivity contribution in [1.29, 1.82) is 0 Å². The smallest absolute Gasteiger partial charge is 0.397 e. The monoisotopic (exact) mass is 679 g/mol. The molecule has 0 aliphatic carbocycles. The Hall–Kier alpha value is -3.38. The third kappa shape index (κ3) is 5.91. The fourth-order valence-electron chi connectivity index (χ4n) is 3.88. The second-order valence-corrected chi connectivity index (χ2v) is 12.7. The van der Waals surface area contributed by atoms with Gasteiger partial charge in [-0.1, -0.05) is 89.4 Å². The summed E-state index contributed by atoms with van der Waals surface area (Å²) < 4.78 is 96.0. The summed E-state index contributed by atoms with van der Waals surface area (Å²) in [5.41, 5.74) is -0.792. The Labute approximate surface area is 258 Å². The van der Waals surface area contributed by atoms with Gasteiger partial charge in [0.1, 0.15) is 0 Å². The van der Waals surface area contributed by atoms with Crippen LogP contribution in [0.4, 0.5) is 32.0 Å². The molecule has 1 amide bonds. The number of carbonyl (C=O) groups excluding carboxylic acids is 2. The lowest BCUT2D eigenvalue weighted by Gasteiger charge is -2.41. The largest absolute Gasteiger partial charge is 0.412 e. The quantitative estimate of drug-likeness (QED) is 0.179. The van der Waals surface area contributed by atoms with E-state index in [9.17, 15) is 18.4 Å². The summed E-state index contributed by atoms with van der Waals surface area (Å²) >= 11 is 17.3. The van der Waals surface area contributed by atoms with Gasteiger partial charge in [0, 0.05) is 19.7 Å². The maximum Gasteiger partial charge on any atom is 0.412 e. The number of amides is 1. The summed E-state index contributed by atoms with van der Waals surface area (Å²) in [7, 11) is -3.56. The highest BCUT2D eigenvalue weighted by Gasteiger charge is 2.79. The highest BCUT2D eigenvalue weighted by Crippen LogP contribution is 2.70. The summed E-state index contributed by atoms with van der Waals surface area (Å²) in [6, 6.07) is 24.1. The molecule has 43 heavy (non-hydrogen) atoms. The van der Waals surface area contributed by atoms with Crippen LogP contribution in [-0.4, -0.2) is 29.6 Å². The van der Waals surface area contributed by atoms with Gasteiger partial charge in [-0.25, -0.2) is 4.79 Å². The maximum atomic E-state index is 15.3. The summed E-state index contributed by atoms with van der Waals surface area (Å²) in [5.74, 6) is -24.9. The van der Waals surface area contributed by atoms with Crippen molar-refractivity contribution >= 4 is 62.7 Å². The summed E-state index contributed by atoms with van der Waals surface area (Å²) in [5, 5.41) is 0.134. The van der Waals surface area contributed by atoms with Crippen LogP contribution in [-0.2, 0) is 13.8 Å². The van der Waals surface area contributed by atoms with Crippen LogP contribution in [0.15, 0.2) is 118 Å². The molecule has 0 bridgehead atoms. The zero-order chi connectivity index (χ0) is 31.6. The first kappa shape index (κ1) is 32.5. The molecule has 0 fully saturated rings. The normalized spacial score (nSPS) is 12.9. The molecule has 4 rings (SSSR count). The fourth-order valence-corrected chi connectivity index (χ4v) is 7.85. The highest BCUT2D eigenvalue weighted by atomic mass is 35.5. The van der Waals surface area contributed by atoms with Gasteiger partial charge in [-0.05, 0) is 58.8 Å². The predicted molar refractivity (Wildman–Crippen MR) is 153 cm³/mol. The first-order valence-corrected chi connectivity index (χ1v) is 14.7. The molecule has 0 heterocycles. The lowest BCUT2D eigenvalue weighted by molar-refractivity contribution is -0.290. The average Bonchev–Trinajstić information content (AvgIpc) is 2.98. The minimum absolute atomic E-state index is 0.0967. The van der Waals surface area contributed by atoms with Crippen LogP contribution in [0.1, 0.15) is 0 Å². The van der Waals surface area contributed by atoms with E-state index in [-0.39, 0.29) is 19.7 Å². The predicted octanol–water partition coefficient (Wildman–Crippen LogP) is 9.93. The van der Waals surface area contributed by atoms with Crippen molar-refractivity contribution in [3.05, 3.63) is 118 Å². The zero-order valence-corrected chi connectivity index (χ0v) is 24.4. The van der Waals surface area contributed by atoms with E-state index in [1.54, 1.807) is 18.2 Å². The molecule has 4 aromatic rings. The minimum Gasteiger partial charge on any atom is -0.397 e. The van der Waals surface area contributed by atoms with E-state index < -0.39 is 55.7 Å². The molecule has 0 aromatic heterocycles. The molecule has 0 spiro atoms. The number of halogens is 9. The van der Waals surface area contributed by atoms with E-state index in [4.69, 9.17) is 39.0 Å². The van der Waals surface area contributed by atoms with Crippen LogP contribution in [0.3, 0.4) is 0 Å². The molecular weight excluding hydrogens is 663 g/mol. The lowest BCUT2D eigenvalue weighted by atomic mass is 10.0. The maximum absolute atomic E-state index is 15.3. The van der Waals surface area contributed by atoms with Crippen LogP contribution in [0.5, 0.6) is 0 Å². The lowest BCUT2D eigenvalue weighted by Crippen LogP contribution is -2.62. The molecule has 0 atom stereocenters. The molecule has 14 heteroatoms. The summed E-state index contributed by atoms with van der Waals surface area (Å²) in [4.78, 5) is 25.7. The van der Waals surface area contributed by atoms with Crippen molar-refractivity contribution in [2.75, 3.05) is 5.32 Å². The van der Waals surface area contributed by atoms with Gasteiger partial charge in [0.05, 0.1) is 15.7 Å². The Morgan fingerprint density at radius 3 is 1.37 bits per heavy atom. The number of rotatable bonds is 9. The molecule has 4 nitrogen and oxygen atoms in total. The molecule has 0 aliphatic rings. The Morgan fingerprint density at radius 1 is 0.628 bits per heavy atom. The number of hydrogen-bond acceptors (Lipinski definition) is 3. The average molecular weight is 681 g/mol. The molecule has 0 unspecified atom stereocenters. The Kier molecular flexibility index (Phi) is 9.32. The number of nitrogens with one attached hydrogen (secondary N) is 1. The van der Waals surface area contributed by atoms with E-state index in [0.29, 0.717) is 0 Å². The second kappa shape index (κ2) is 12.3. The number of hydrogen-bond donors (Lipinski definition) is 1. The molecule has 0 saturated carbocycles. The Bertz CT molecular complexity index is 1510. The Morgan fingerprint density at radius 2 is 1.00 bits per heavy atom. The van der Waals surface area contributed by atoms with Crippen molar-refractivity contribution in [2.45, 2.75) is 32.5 Å². The van der Waals surface area contributed by atoms with Crippen molar-refractivity contribution in [1.82, 2.24) is 0 Å². The number of benzene rings is 4. The minimum atomic E-state index is -6.60. The third-order valence-corrected chi connectivity index (χ3v) is 10.0. The van der Waals surface area contributed by atoms with E-state index in [1.165, 1.54) is 78.1 Å². The number of carbonyl (C=O) groups is 2. The van der Waals surface area contributed by atoms with Crippen molar-refractivity contribution in [3.8, 4) is 0 Å². The van der Waals surface area contributed by atoms with Gasteiger partial charge in [0.2, 0.25) is 0 Å². The van der Waals surface area contributed by atoms with Crippen molar-refractivity contribution < 1.29 is 40.1 Å². The SMILES string of the molecule is O=C(Nc1c(Cl)cc(Cl)cc1Cl)C(F)(F)C(F)(F)C(F)(F)C(=O)OS(c1ccccc1)(c1ccccc1)c1ccccc1. The molecule has 4 aromatic carbocycles. The van der Waals surface area contributed by atoms with Crippen LogP contribution >= 0.6 is 45.1 Å². The highest BCUT2D eigenvalue weighted by molar-refractivity contribution is 8.30. The van der Waals surface area contributed by atoms with E-state index in [2.05, 4.69) is 0 Å². The van der Waals surface area contributed by atoms with Crippen molar-refractivity contribution in [3.63, 3.8) is 0 Å². The number of alkyl halides is 6. The molecule has 226 valence electrons. The molecular formula is C29H18Cl3F6NO3S. The van der Waals surface area contributed by atoms with Crippen LogP contribution < -0.4 is 5.32 Å². The second-order valence-electron chi connectivity index (χ2n) is 8.79. The molecule has 0 aliphatic heterocycles. The van der Waals surface area contributed by atoms with Gasteiger partial charge in [0.25, 0.3) is 0 Å². The van der Waals surface area contributed by atoms with E-state index in [0.717, 1.165) is 12.1 Å². The van der Waals surface area contributed by atoms with E-state index >= 15 is 17.6 Å².